The van der Waals surface area contributed by atoms with E-state index in [0.717, 1.165) is 0 Å². The van der Waals surface area contributed by atoms with Crippen molar-refractivity contribution in [3.05, 3.63) is 0 Å². The van der Waals surface area contributed by atoms with Gasteiger partial charge in [-0.05, 0) is 0 Å². The molecule has 0 aromatic rings. The van der Waals surface area contributed by atoms with E-state index in [4.69, 9.17) is 0 Å². The summed E-state index contributed by atoms with van der Waals surface area (Å²) < 4.78 is 0. The first-order valence-corrected chi connectivity index (χ1v) is 4.26. The van der Waals surface area contributed by atoms with Crippen LogP contribution in [0.15, 0.2) is 0 Å². The van der Waals surface area contributed by atoms with E-state index >= 15 is 0 Å². The second-order valence-corrected chi connectivity index (χ2v) is 3.66. The molecule has 0 rings (SSSR count). The molecule has 44 valence electrons. The van der Waals surface area contributed by atoms with E-state index in [2.05, 4.69) is 26.0 Å². The Labute approximate surface area is 48.1 Å². The van der Waals surface area contributed by atoms with Gasteiger partial charge in [0.15, 0.2) is 0 Å². The lowest BCUT2D eigenvalue weighted by Crippen LogP contribution is -1.90. The fraction of sp³-hybridized carbons (Fsp3) is 0.667. The summed E-state index contributed by atoms with van der Waals surface area (Å²) in [7, 11) is 0.306. The van der Waals surface area contributed by atoms with Crippen molar-refractivity contribution >= 4 is 20.8 Å². The molecule has 0 saturated carbocycles. The van der Waals surface area contributed by atoms with Crippen molar-refractivity contribution in [2.45, 2.75) is 20.3 Å². The molecule has 0 atom stereocenters. The molecule has 7 heavy (non-hydrogen) atoms. The summed E-state index contributed by atoms with van der Waals surface area (Å²) in [6.07, 6.45) is 3.34. The molecule has 0 bridgehead atoms. The van der Waals surface area contributed by atoms with E-state index in [1.807, 2.05) is 0 Å². The molecule has 0 radical (unpaired) electrons. The molecule has 0 aromatic heterocycles. The van der Waals surface area contributed by atoms with Crippen LogP contribution >= 0.6 is 0 Å². The SMILES string of the molecule is C=[S-](C)=C(C)CC. The largest absolute Gasteiger partial charge is 0.482 e. The Morgan fingerprint density at radius 3 is 2.14 bits per heavy atom. The summed E-state index contributed by atoms with van der Waals surface area (Å²) in [5.74, 6) is 3.90. The first-order chi connectivity index (χ1) is 3.18. The highest BCUT2D eigenvalue weighted by atomic mass is 32.2. The minimum atomic E-state index is 0.306. The zero-order valence-corrected chi connectivity index (χ0v) is 6.14. The molecule has 0 aliphatic carbocycles. The third kappa shape index (κ3) is 2.75. The summed E-state index contributed by atoms with van der Waals surface area (Å²) >= 11 is 0. The molecular formula is C6H13S-. The first kappa shape index (κ1) is 7.09. The predicted molar refractivity (Wildman–Crippen MR) is 41.4 cm³/mol. The number of rotatable bonds is 1. The summed E-state index contributed by atoms with van der Waals surface area (Å²) in [6.45, 7) is 4.33. The summed E-state index contributed by atoms with van der Waals surface area (Å²) in [6, 6.07) is 0. The third-order valence-corrected chi connectivity index (χ3v) is 2.57. The zero-order valence-electron chi connectivity index (χ0n) is 5.32. The minimum absolute atomic E-state index is 0.306. The highest BCUT2D eigenvalue weighted by molar-refractivity contribution is 7.93. The van der Waals surface area contributed by atoms with Gasteiger partial charge in [0.2, 0.25) is 0 Å². The van der Waals surface area contributed by atoms with Crippen LogP contribution in [0.5, 0.6) is 0 Å². The van der Waals surface area contributed by atoms with Crippen molar-refractivity contribution in [2.75, 3.05) is 6.26 Å². The smallest absolute Gasteiger partial charge is 0.0590 e. The van der Waals surface area contributed by atoms with Gasteiger partial charge in [0.05, 0.1) is 0 Å². The lowest BCUT2D eigenvalue weighted by molar-refractivity contribution is 1.31. The van der Waals surface area contributed by atoms with Gasteiger partial charge in [-0.3, -0.25) is 0 Å². The van der Waals surface area contributed by atoms with Crippen LogP contribution < -0.4 is 0 Å². The van der Waals surface area contributed by atoms with Crippen LogP contribution in [0.3, 0.4) is 0 Å². The molecule has 0 nitrogen and oxygen atoms in total. The average Bonchev–Trinajstić information content (AvgIpc) is 1.65. The van der Waals surface area contributed by atoms with Gasteiger partial charge in [0.1, 0.15) is 0 Å². The Hall–Kier alpha value is 0.0900. The van der Waals surface area contributed by atoms with Gasteiger partial charge in [0.25, 0.3) is 0 Å². The van der Waals surface area contributed by atoms with E-state index in [-0.39, 0.29) is 0 Å². The Bertz CT molecular complexity index is 116. The minimum Gasteiger partial charge on any atom is -0.482 e. The van der Waals surface area contributed by atoms with Crippen molar-refractivity contribution in [3.8, 4) is 0 Å². The Balaban J connectivity index is 4.00. The van der Waals surface area contributed by atoms with Gasteiger partial charge in [-0.1, -0.05) is 20.3 Å². The van der Waals surface area contributed by atoms with Crippen molar-refractivity contribution < 1.29 is 0 Å². The van der Waals surface area contributed by atoms with Crippen molar-refractivity contribution in [2.24, 2.45) is 0 Å². The lowest BCUT2D eigenvalue weighted by Gasteiger charge is -2.04. The molecule has 0 heterocycles. The van der Waals surface area contributed by atoms with Gasteiger partial charge in [-0.2, -0.15) is 4.86 Å². The molecular weight excluding hydrogens is 104 g/mol. The van der Waals surface area contributed by atoms with Crippen molar-refractivity contribution in [1.82, 2.24) is 0 Å². The van der Waals surface area contributed by atoms with Crippen LogP contribution in [0.2, 0.25) is 0 Å². The molecule has 0 amide bonds. The molecule has 0 spiro atoms. The standard InChI is InChI=1S/C6H13S/c1-5-6(2)7(3)4/h3,5H2,1-2,4H3/q-1. The molecule has 0 aliphatic rings. The highest BCUT2D eigenvalue weighted by Crippen LogP contribution is 1.79. The van der Waals surface area contributed by atoms with E-state index < -0.39 is 0 Å². The summed E-state index contributed by atoms with van der Waals surface area (Å²) in [4.78, 5) is 1.51. The Morgan fingerprint density at radius 1 is 1.71 bits per heavy atom. The van der Waals surface area contributed by atoms with Gasteiger partial charge in [0, 0.05) is 0 Å². The molecule has 0 aliphatic heterocycles. The van der Waals surface area contributed by atoms with Gasteiger partial charge in [-0.15, -0.1) is 6.26 Å². The summed E-state index contributed by atoms with van der Waals surface area (Å²) in [5.41, 5.74) is 0. The van der Waals surface area contributed by atoms with Gasteiger partial charge >= 0.3 is 0 Å². The van der Waals surface area contributed by atoms with Crippen LogP contribution in [-0.4, -0.2) is 17.0 Å². The maximum absolute atomic E-state index is 3.90. The highest BCUT2D eigenvalue weighted by Gasteiger charge is 1.65. The van der Waals surface area contributed by atoms with Crippen LogP contribution in [0.25, 0.3) is 0 Å². The Morgan fingerprint density at radius 2 is 2.14 bits per heavy atom. The summed E-state index contributed by atoms with van der Waals surface area (Å²) in [5, 5.41) is 0. The molecule has 1 heteroatoms. The fourth-order valence-corrected chi connectivity index (χ4v) is 0.739. The molecule has 0 saturated heterocycles. The Kier molecular flexibility index (Phi) is 3.18. The predicted octanol–water partition coefficient (Wildman–Crippen LogP) is 1.27. The normalized spacial score (nSPS) is 16.1. The second kappa shape index (κ2) is 3.14. The zero-order chi connectivity index (χ0) is 5.86. The molecule has 0 unspecified atom stereocenters. The first-order valence-electron chi connectivity index (χ1n) is 2.46. The fourth-order valence-electron chi connectivity index (χ4n) is 0.246. The maximum atomic E-state index is 3.90. The molecule has 0 fully saturated rings. The van der Waals surface area contributed by atoms with Crippen LogP contribution in [0.4, 0.5) is 0 Å². The lowest BCUT2D eigenvalue weighted by atomic mass is 10.4. The average molecular weight is 117 g/mol. The monoisotopic (exact) mass is 117 g/mol. The van der Waals surface area contributed by atoms with E-state index in [1.54, 1.807) is 0 Å². The number of hydrogen-bond acceptors (Lipinski definition) is 1. The second-order valence-electron chi connectivity index (χ2n) is 1.69. The van der Waals surface area contributed by atoms with Crippen molar-refractivity contribution in [1.29, 1.82) is 0 Å². The van der Waals surface area contributed by atoms with Crippen LogP contribution in [-0.2, 0) is 10.1 Å². The molecule has 0 N–H and O–H groups in total. The van der Waals surface area contributed by atoms with E-state index in [1.165, 1.54) is 11.3 Å². The van der Waals surface area contributed by atoms with Crippen LogP contribution in [0, 0.1) is 0 Å². The third-order valence-electron chi connectivity index (χ3n) is 1.09. The van der Waals surface area contributed by atoms with Crippen LogP contribution in [0.1, 0.15) is 20.3 Å². The van der Waals surface area contributed by atoms with E-state index in [0.29, 0.717) is 10.1 Å². The topological polar surface area (TPSA) is 0 Å². The molecule has 0 aromatic carbocycles. The maximum Gasteiger partial charge on any atom is -0.0590 e. The van der Waals surface area contributed by atoms with E-state index in [9.17, 15) is 0 Å². The number of hydrogen-bond donors (Lipinski definition) is 0. The van der Waals surface area contributed by atoms with Crippen molar-refractivity contribution in [3.63, 3.8) is 0 Å². The van der Waals surface area contributed by atoms with Gasteiger partial charge < -0.3 is 10.1 Å². The quantitative estimate of drug-likeness (QED) is 0.358. The van der Waals surface area contributed by atoms with Gasteiger partial charge in [-0.25, -0.2) is 5.87 Å².